The molecule has 0 heterocycles. The second kappa shape index (κ2) is 11.4. The van der Waals surface area contributed by atoms with E-state index in [1.807, 2.05) is 58.0 Å². The summed E-state index contributed by atoms with van der Waals surface area (Å²) in [5.74, 6) is -0.278. The Bertz CT molecular complexity index is 616. The largest absolute Gasteiger partial charge is 0.445 e. The number of benzene rings is 1. The van der Waals surface area contributed by atoms with Gasteiger partial charge in [-0.3, -0.25) is 9.59 Å². The lowest BCUT2D eigenvalue weighted by atomic mass is 9.96. The summed E-state index contributed by atoms with van der Waals surface area (Å²) in [6.07, 6.45) is 0.612. The number of carbonyl (C=O) groups excluding carboxylic acids is 3. The molecule has 2 N–H and O–H groups in total. The first-order chi connectivity index (χ1) is 12.7. The summed E-state index contributed by atoms with van der Waals surface area (Å²) in [6, 6.07) is 8.02. The topological polar surface area (TPSA) is 84.5 Å². The predicted molar refractivity (Wildman–Crippen MR) is 105 cm³/mol. The summed E-state index contributed by atoms with van der Waals surface area (Å²) in [5, 5.41) is 5.43. The molecule has 0 saturated heterocycles. The van der Waals surface area contributed by atoms with Crippen molar-refractivity contribution in [2.75, 3.05) is 0 Å². The molecule has 1 aromatic carbocycles. The van der Waals surface area contributed by atoms with E-state index in [-0.39, 0.29) is 30.1 Å². The zero-order valence-electron chi connectivity index (χ0n) is 17.0. The van der Waals surface area contributed by atoms with E-state index >= 15 is 0 Å². The van der Waals surface area contributed by atoms with Crippen molar-refractivity contribution in [2.45, 2.75) is 66.2 Å². The minimum absolute atomic E-state index is 0.0911. The molecule has 0 aliphatic carbocycles. The van der Waals surface area contributed by atoms with Gasteiger partial charge >= 0.3 is 6.09 Å². The van der Waals surface area contributed by atoms with E-state index in [1.165, 1.54) is 6.92 Å². The van der Waals surface area contributed by atoms with Crippen LogP contribution in [0.1, 0.15) is 53.0 Å². The molecule has 0 aromatic heterocycles. The average Bonchev–Trinajstić information content (AvgIpc) is 2.63. The minimum atomic E-state index is -0.757. The molecule has 3 atom stereocenters. The molecule has 1 rings (SSSR count). The van der Waals surface area contributed by atoms with E-state index in [9.17, 15) is 14.4 Å². The zero-order chi connectivity index (χ0) is 20.4. The molecule has 0 spiro atoms. The van der Waals surface area contributed by atoms with Gasteiger partial charge in [-0.15, -0.1) is 0 Å². The molecule has 0 fully saturated rings. The lowest BCUT2D eigenvalue weighted by molar-refractivity contribution is -0.129. The molecule has 6 heteroatoms. The van der Waals surface area contributed by atoms with E-state index < -0.39 is 18.2 Å². The van der Waals surface area contributed by atoms with E-state index in [2.05, 4.69) is 10.6 Å². The van der Waals surface area contributed by atoms with E-state index in [4.69, 9.17) is 4.74 Å². The summed E-state index contributed by atoms with van der Waals surface area (Å²) in [5.41, 5.74) is 0.866. The SMILES string of the molecule is CC[C@H](C)[C@H](NC(=O)OCc1ccccc1)C(=O)N[C@@H](CC(C)C)C(C)=O. The lowest BCUT2D eigenvalue weighted by Gasteiger charge is -2.26. The average molecular weight is 376 g/mol. The van der Waals surface area contributed by atoms with Crippen molar-refractivity contribution in [1.29, 1.82) is 0 Å². The number of alkyl carbamates (subject to hydrolysis) is 1. The third kappa shape index (κ3) is 8.24. The number of ketones is 1. The second-order valence-electron chi connectivity index (χ2n) is 7.37. The van der Waals surface area contributed by atoms with Crippen LogP contribution in [0, 0.1) is 11.8 Å². The smallest absolute Gasteiger partial charge is 0.408 e. The van der Waals surface area contributed by atoms with Crippen molar-refractivity contribution in [3.63, 3.8) is 0 Å². The molecule has 150 valence electrons. The van der Waals surface area contributed by atoms with Crippen molar-refractivity contribution in [3.05, 3.63) is 35.9 Å². The number of Topliss-reactive ketones (excluding diaryl/α,β-unsaturated/α-hetero) is 1. The van der Waals surface area contributed by atoms with Crippen LogP contribution in [0.4, 0.5) is 4.79 Å². The van der Waals surface area contributed by atoms with Crippen LogP contribution in [0.3, 0.4) is 0 Å². The molecular weight excluding hydrogens is 344 g/mol. The molecule has 6 nitrogen and oxygen atoms in total. The van der Waals surface area contributed by atoms with Crippen LogP contribution in [0.2, 0.25) is 0 Å². The van der Waals surface area contributed by atoms with Crippen LogP contribution < -0.4 is 10.6 Å². The molecule has 0 bridgehead atoms. The van der Waals surface area contributed by atoms with E-state index in [0.29, 0.717) is 12.8 Å². The van der Waals surface area contributed by atoms with Crippen LogP contribution in [-0.2, 0) is 20.9 Å². The van der Waals surface area contributed by atoms with E-state index in [0.717, 1.165) is 5.56 Å². The fourth-order valence-electron chi connectivity index (χ4n) is 2.65. The second-order valence-corrected chi connectivity index (χ2v) is 7.37. The van der Waals surface area contributed by atoms with Crippen molar-refractivity contribution in [2.24, 2.45) is 11.8 Å². The fourth-order valence-corrected chi connectivity index (χ4v) is 2.65. The first-order valence-corrected chi connectivity index (χ1v) is 9.52. The Balaban J connectivity index is 2.71. The number of carbonyl (C=O) groups is 3. The molecule has 0 aliphatic heterocycles. The minimum Gasteiger partial charge on any atom is -0.445 e. The Kier molecular flexibility index (Phi) is 9.54. The molecule has 0 saturated carbocycles. The van der Waals surface area contributed by atoms with Crippen LogP contribution in [0.5, 0.6) is 0 Å². The van der Waals surface area contributed by atoms with Gasteiger partial charge in [-0.25, -0.2) is 4.79 Å². The van der Waals surface area contributed by atoms with Gasteiger partial charge in [-0.05, 0) is 30.7 Å². The predicted octanol–water partition coefficient (Wildman–Crippen LogP) is 3.45. The molecule has 0 unspecified atom stereocenters. The molecule has 2 amide bonds. The van der Waals surface area contributed by atoms with Crippen molar-refractivity contribution in [3.8, 4) is 0 Å². The first kappa shape index (κ1) is 22.7. The number of amides is 2. The normalized spacial score (nSPS) is 14.1. The van der Waals surface area contributed by atoms with Crippen LogP contribution in [0.15, 0.2) is 30.3 Å². The number of hydrogen-bond acceptors (Lipinski definition) is 4. The van der Waals surface area contributed by atoms with Crippen molar-refractivity contribution in [1.82, 2.24) is 10.6 Å². The fraction of sp³-hybridized carbons (Fsp3) is 0.571. The Morgan fingerprint density at radius 2 is 1.67 bits per heavy atom. The highest BCUT2D eigenvalue weighted by molar-refractivity contribution is 5.91. The maximum Gasteiger partial charge on any atom is 0.408 e. The molecule has 27 heavy (non-hydrogen) atoms. The van der Waals surface area contributed by atoms with Crippen molar-refractivity contribution >= 4 is 17.8 Å². The van der Waals surface area contributed by atoms with Crippen LogP contribution >= 0.6 is 0 Å². The quantitative estimate of drug-likeness (QED) is 0.655. The summed E-state index contributed by atoms with van der Waals surface area (Å²) in [7, 11) is 0. The first-order valence-electron chi connectivity index (χ1n) is 9.52. The Labute approximate surface area is 162 Å². The third-order valence-corrected chi connectivity index (χ3v) is 4.50. The van der Waals surface area contributed by atoms with Crippen molar-refractivity contribution < 1.29 is 19.1 Å². The van der Waals surface area contributed by atoms with Gasteiger partial charge in [0.25, 0.3) is 0 Å². The monoisotopic (exact) mass is 376 g/mol. The summed E-state index contributed by atoms with van der Waals surface area (Å²) < 4.78 is 5.22. The van der Waals surface area contributed by atoms with Gasteiger partial charge in [-0.2, -0.15) is 0 Å². The standard InChI is InChI=1S/C21H32N2O4/c1-6-15(4)19(20(25)22-18(16(5)24)12-14(2)3)23-21(26)27-13-17-10-8-7-9-11-17/h7-11,14-15,18-19H,6,12-13H2,1-5H3,(H,22,25)(H,23,26)/t15-,18-,19-/m0/s1. The van der Waals surface area contributed by atoms with Gasteiger partial charge in [0.2, 0.25) is 5.91 Å². The highest BCUT2D eigenvalue weighted by Gasteiger charge is 2.29. The van der Waals surface area contributed by atoms with E-state index in [1.54, 1.807) is 0 Å². The molecule has 1 aromatic rings. The number of hydrogen-bond donors (Lipinski definition) is 2. The van der Waals surface area contributed by atoms with Gasteiger partial charge in [0.05, 0.1) is 6.04 Å². The van der Waals surface area contributed by atoms with Gasteiger partial charge in [0.15, 0.2) is 5.78 Å². The summed E-state index contributed by atoms with van der Waals surface area (Å²) in [6.45, 7) is 9.41. The Hall–Kier alpha value is -2.37. The van der Waals surface area contributed by atoms with Gasteiger partial charge in [-0.1, -0.05) is 64.4 Å². The lowest BCUT2D eigenvalue weighted by Crippen LogP contribution is -2.54. The highest BCUT2D eigenvalue weighted by atomic mass is 16.5. The van der Waals surface area contributed by atoms with Gasteiger partial charge in [0.1, 0.15) is 12.6 Å². The molecule has 0 aliphatic rings. The highest BCUT2D eigenvalue weighted by Crippen LogP contribution is 2.11. The number of rotatable bonds is 10. The third-order valence-electron chi connectivity index (χ3n) is 4.50. The Morgan fingerprint density at radius 3 is 2.19 bits per heavy atom. The summed E-state index contributed by atoms with van der Waals surface area (Å²) in [4.78, 5) is 36.7. The zero-order valence-corrected chi connectivity index (χ0v) is 17.0. The molecule has 0 radical (unpaired) electrons. The van der Waals surface area contributed by atoms with Crippen LogP contribution in [0.25, 0.3) is 0 Å². The summed E-state index contributed by atoms with van der Waals surface area (Å²) >= 11 is 0. The van der Waals surface area contributed by atoms with Gasteiger partial charge in [0, 0.05) is 0 Å². The molecular formula is C21H32N2O4. The number of nitrogens with one attached hydrogen (secondary N) is 2. The van der Waals surface area contributed by atoms with Crippen LogP contribution in [-0.4, -0.2) is 29.9 Å². The van der Waals surface area contributed by atoms with Gasteiger partial charge < -0.3 is 15.4 Å². The Morgan fingerprint density at radius 1 is 1.04 bits per heavy atom. The maximum absolute atomic E-state index is 12.7. The maximum atomic E-state index is 12.7. The number of ether oxygens (including phenoxy) is 1.